The quantitative estimate of drug-likeness (QED) is 0.0202. The molecular weight excluding hydrogens is 1050 g/mol. The van der Waals surface area contributed by atoms with Crippen LogP contribution in [0.3, 0.4) is 0 Å². The van der Waals surface area contributed by atoms with E-state index in [2.05, 4.69) is 40.0 Å². The van der Waals surface area contributed by atoms with Crippen LogP contribution in [-0.4, -0.2) is 93.6 Å². The number of carbonyl (C=O) groups excluding carboxylic acids is 1. The number of carboxylic acid groups (broad SMARTS) is 1. The van der Waals surface area contributed by atoms with E-state index in [0.29, 0.717) is 6.07 Å². The largest absolute Gasteiger partial charge is 1.00 e. The normalized spacial score (nSPS) is 11.9. The van der Waals surface area contributed by atoms with Gasteiger partial charge in [0.15, 0.2) is 9.84 Å². The van der Waals surface area contributed by atoms with E-state index in [9.17, 15) is 70.2 Å². The fraction of sp³-hybridized carbons (Fsp3) is 0.0606. The minimum absolute atomic E-state index is 0. The third-order valence-corrected chi connectivity index (χ3v) is 13.1. The van der Waals surface area contributed by atoms with Crippen molar-refractivity contribution in [2.75, 3.05) is 28.7 Å². The fourth-order valence-corrected chi connectivity index (χ4v) is 8.71. The van der Waals surface area contributed by atoms with Crippen LogP contribution < -0.4 is 144 Å². The van der Waals surface area contributed by atoms with Gasteiger partial charge in [0.1, 0.15) is 41.7 Å². The van der Waals surface area contributed by atoms with E-state index in [0.717, 1.165) is 59.3 Å². The van der Waals surface area contributed by atoms with Crippen molar-refractivity contribution in [1.29, 1.82) is 0 Å². The summed E-state index contributed by atoms with van der Waals surface area (Å²) in [5, 5.41) is 24.2. The standard InChI is InChI=1S/C33H27N9O17S5.4Na/c34-28-27(63(53,54)55)15-19-14-23(61(47,48)49)8-9-24(19)29(28)41-40-25-16-21(5-10-26(25)62(50,51)52)36-32-37-31(38-33(39-32)42-11-1-2-18(17-42)30(43)44)35-20-3-6-22(7-4-20)60(45,46)13-12-59-64(56,57)58;;;;/h1-11,14-17H,12-13H2,(H8-,34,35,36,37,38,39,40,43,44,47,48,49,50,51,52,53,54,55,56,57,58);;;;/q;4*+1/p-4. The number of carboxylic acids is 1. The molecule has 6 rings (SSSR count). The number of hydrogen-bond acceptors (Lipinski definition) is 25. The van der Waals surface area contributed by atoms with Gasteiger partial charge in [-0.2, -0.15) is 0 Å². The first kappa shape index (κ1) is 61.4. The van der Waals surface area contributed by atoms with E-state index in [1.807, 2.05) is 0 Å². The van der Waals surface area contributed by atoms with E-state index in [1.54, 1.807) is 0 Å². The maximum atomic E-state index is 12.6. The van der Waals surface area contributed by atoms with Gasteiger partial charge in [-0.3, -0.25) is 4.18 Å². The Balaban J connectivity index is 0.00000397. The number of azo groups is 1. The van der Waals surface area contributed by atoms with Crippen LogP contribution in [0.2, 0.25) is 0 Å². The molecule has 0 aliphatic carbocycles. The minimum atomic E-state index is -5.39. The molecule has 0 fully saturated rings. The summed E-state index contributed by atoms with van der Waals surface area (Å²) in [5.41, 5.74) is 3.52. The summed E-state index contributed by atoms with van der Waals surface area (Å²) in [6.45, 7) is -0.941. The van der Waals surface area contributed by atoms with Crippen molar-refractivity contribution in [2.24, 2.45) is 10.2 Å². The first-order valence-electron chi connectivity index (χ1n) is 16.9. The molecule has 6 aromatic rings. The number of nitrogens with one attached hydrogen (secondary N) is 2. The summed E-state index contributed by atoms with van der Waals surface area (Å²) in [4.78, 5) is 21.1. The van der Waals surface area contributed by atoms with E-state index in [1.165, 1.54) is 30.5 Å². The van der Waals surface area contributed by atoms with Crippen LogP contribution >= 0.6 is 0 Å². The number of sulfone groups is 1. The molecule has 2 heterocycles. The van der Waals surface area contributed by atoms with E-state index in [4.69, 9.17) is 5.73 Å². The molecule has 0 radical (unpaired) electrons. The van der Waals surface area contributed by atoms with Crippen LogP contribution in [0.25, 0.3) is 16.7 Å². The van der Waals surface area contributed by atoms with Gasteiger partial charge in [-0.05, 0) is 88.2 Å². The van der Waals surface area contributed by atoms with Crippen LogP contribution in [0.5, 0.6) is 0 Å². The number of aromatic carboxylic acids is 1. The Morgan fingerprint density at radius 3 is 1.81 bits per heavy atom. The summed E-state index contributed by atoms with van der Waals surface area (Å²) in [6, 6.07) is 13.2. The number of pyridine rings is 1. The van der Waals surface area contributed by atoms with Crippen molar-refractivity contribution < 1.29 is 197 Å². The van der Waals surface area contributed by atoms with E-state index < -0.39 is 101 Å². The van der Waals surface area contributed by atoms with Gasteiger partial charge in [0.2, 0.25) is 10.4 Å². The molecule has 336 valence electrons. The average Bonchev–Trinajstić information content (AvgIpc) is 3.18. The zero-order chi connectivity index (χ0) is 47.0. The number of fused-ring (bicyclic) bond motifs is 1. The fourth-order valence-electron chi connectivity index (χ4n) is 5.50. The molecule has 0 unspecified atom stereocenters. The Hall–Kier alpha value is -2.68. The number of anilines is 5. The van der Waals surface area contributed by atoms with Crippen molar-refractivity contribution in [3.8, 4) is 5.95 Å². The first-order chi connectivity index (χ1) is 29.7. The number of nitrogens with two attached hydrogens (primary N) is 1. The summed E-state index contributed by atoms with van der Waals surface area (Å²) in [7, 11) is -25.1. The second kappa shape index (κ2) is 24.2. The van der Waals surface area contributed by atoms with Gasteiger partial charge in [-0.25, -0.2) is 46.7 Å². The van der Waals surface area contributed by atoms with Gasteiger partial charge in [0.25, 0.3) is 0 Å². The monoisotopic (exact) mass is 1070 g/mol. The number of hydrogen-bond donors (Lipinski definition) is 3. The molecule has 0 atom stereocenters. The molecule has 0 bridgehead atoms. The first-order valence-corrected chi connectivity index (χ1v) is 24.1. The minimum Gasteiger partial charge on any atom is -0.744 e. The van der Waals surface area contributed by atoms with Crippen LogP contribution in [0, 0.1) is 0 Å². The molecular formula is C33H23N9Na4O17S5. The Bertz CT molecular complexity index is 3510. The number of rotatable bonds is 16. The number of benzene rings is 4. The van der Waals surface area contributed by atoms with Crippen molar-refractivity contribution in [1.82, 2.24) is 15.0 Å². The predicted molar refractivity (Wildman–Crippen MR) is 209 cm³/mol. The molecule has 0 aliphatic heterocycles. The number of aromatic nitrogens is 4. The second-order valence-electron chi connectivity index (χ2n) is 12.7. The van der Waals surface area contributed by atoms with Gasteiger partial charge in [-0.15, -0.1) is 15.2 Å². The van der Waals surface area contributed by atoms with Crippen LogP contribution in [0.1, 0.15) is 10.4 Å². The topological polar surface area (TPSA) is 430 Å². The van der Waals surface area contributed by atoms with Crippen molar-refractivity contribution >= 4 is 108 Å². The molecule has 0 aliphatic rings. The molecule has 2 aromatic heterocycles. The summed E-state index contributed by atoms with van der Waals surface area (Å²) < 4.78 is 171. The molecule has 0 saturated carbocycles. The molecule has 68 heavy (non-hydrogen) atoms. The van der Waals surface area contributed by atoms with Gasteiger partial charge >= 0.3 is 136 Å². The molecule has 0 spiro atoms. The molecule has 26 nitrogen and oxygen atoms in total. The SMILES string of the molecule is Nc1c(S(=O)(=O)[O-])cc2cc(S(=O)(=O)[O-])ccc2c1N=Nc1cc(Nc2nc(Nc3ccc(S(=O)(=O)CCOS(=O)(=O)[O-])cc3)nc(-[n+]3cccc(C(=O)[O-])c3)n2)ccc1S(=O)(=O)[O-].[Na+].[Na+].[Na+].[Na+]. The number of carbonyl (C=O) groups is 1. The molecule has 0 amide bonds. The number of nitrogen functional groups attached to an aromatic ring is 1. The zero-order valence-corrected chi connectivity index (χ0v) is 47.4. The van der Waals surface area contributed by atoms with Crippen molar-refractivity contribution in [2.45, 2.75) is 19.6 Å². The molecule has 4 aromatic carbocycles. The Morgan fingerprint density at radius 1 is 0.676 bits per heavy atom. The van der Waals surface area contributed by atoms with Crippen LogP contribution in [0.4, 0.5) is 40.3 Å². The van der Waals surface area contributed by atoms with E-state index >= 15 is 0 Å². The van der Waals surface area contributed by atoms with Crippen molar-refractivity contribution in [3.63, 3.8) is 0 Å². The maximum absolute atomic E-state index is 12.6. The van der Waals surface area contributed by atoms with Gasteiger partial charge in [0, 0.05) is 22.3 Å². The van der Waals surface area contributed by atoms with Gasteiger partial charge in [0.05, 0.1) is 56.0 Å². The molecule has 0 saturated heterocycles. The predicted octanol–water partition coefficient (Wildman–Crippen LogP) is -11.9. The van der Waals surface area contributed by atoms with Gasteiger partial charge in [-0.1, -0.05) is 6.07 Å². The van der Waals surface area contributed by atoms with Crippen LogP contribution in [0.15, 0.2) is 121 Å². The third-order valence-electron chi connectivity index (χ3n) is 8.33. The molecule has 35 heteroatoms. The maximum Gasteiger partial charge on any atom is 1.00 e. The van der Waals surface area contributed by atoms with E-state index in [-0.39, 0.29) is 169 Å². The molecule has 4 N–H and O–H groups in total. The van der Waals surface area contributed by atoms with Crippen LogP contribution in [-0.2, 0) is 54.8 Å². The summed E-state index contributed by atoms with van der Waals surface area (Å²) in [6.07, 6.45) is 2.42. The second-order valence-corrected chi connectivity index (χ2v) is 19.9. The Kier molecular flexibility index (Phi) is 21.8. The van der Waals surface area contributed by atoms with Crippen molar-refractivity contribution in [3.05, 3.63) is 96.8 Å². The summed E-state index contributed by atoms with van der Waals surface area (Å²) >= 11 is 0. The Morgan fingerprint density at radius 2 is 1.25 bits per heavy atom. The van der Waals surface area contributed by atoms with Gasteiger partial charge < -0.3 is 44.5 Å². The zero-order valence-electron chi connectivity index (χ0n) is 35.3. The average molecular weight is 1070 g/mol. The number of nitrogens with zero attached hydrogens (tertiary/aromatic N) is 6. The third kappa shape index (κ3) is 15.9. The summed E-state index contributed by atoms with van der Waals surface area (Å²) in [5.74, 6) is -3.34. The smallest absolute Gasteiger partial charge is 0.744 e. The Labute approximate surface area is 474 Å².